The van der Waals surface area contributed by atoms with E-state index in [2.05, 4.69) is 5.32 Å². The van der Waals surface area contributed by atoms with Crippen molar-refractivity contribution in [2.24, 2.45) is 0 Å². The molecule has 3 rings (SSSR count). The van der Waals surface area contributed by atoms with Crippen molar-refractivity contribution in [1.82, 2.24) is 9.80 Å². The molecule has 0 aromatic heterocycles. The van der Waals surface area contributed by atoms with Crippen molar-refractivity contribution in [1.29, 1.82) is 0 Å². The van der Waals surface area contributed by atoms with Crippen LogP contribution >= 0.6 is 0 Å². The molecule has 1 saturated heterocycles. The van der Waals surface area contributed by atoms with E-state index in [9.17, 15) is 18.0 Å². The molecule has 2 unspecified atom stereocenters. The number of piperazine rings is 1. The van der Waals surface area contributed by atoms with Crippen LogP contribution in [0.15, 0.2) is 36.4 Å². The lowest BCUT2D eigenvalue weighted by molar-refractivity contribution is 0.0262. The van der Waals surface area contributed by atoms with Gasteiger partial charge >= 0.3 is 0 Å². The minimum atomic E-state index is -1.15. The van der Waals surface area contributed by atoms with Gasteiger partial charge in [-0.15, -0.1) is 0 Å². The predicted octanol–water partition coefficient (Wildman–Crippen LogP) is 3.88. The summed E-state index contributed by atoms with van der Waals surface area (Å²) in [6.45, 7) is 4.66. The molecule has 4 nitrogen and oxygen atoms in total. The largest absolute Gasteiger partial charge is 0.388 e. The average molecular weight is 391 g/mol. The molecule has 0 aliphatic carbocycles. The third-order valence-corrected chi connectivity index (χ3v) is 5.17. The maximum absolute atomic E-state index is 14.0. The molecule has 2 aromatic rings. The molecule has 0 spiro atoms. The van der Waals surface area contributed by atoms with E-state index in [0.29, 0.717) is 18.7 Å². The average Bonchev–Trinajstić information content (AvgIpc) is 2.67. The van der Waals surface area contributed by atoms with E-state index in [0.717, 1.165) is 17.8 Å². The first-order valence-electron chi connectivity index (χ1n) is 9.27. The number of anilines is 1. The lowest BCUT2D eigenvalue weighted by Gasteiger charge is -2.44. The number of benzene rings is 2. The Morgan fingerprint density at radius 2 is 1.57 bits per heavy atom. The van der Waals surface area contributed by atoms with Crippen LogP contribution in [0.5, 0.6) is 0 Å². The topological polar surface area (TPSA) is 35.6 Å². The summed E-state index contributed by atoms with van der Waals surface area (Å²) >= 11 is 0. The third kappa shape index (κ3) is 3.99. The molecule has 150 valence electrons. The van der Waals surface area contributed by atoms with E-state index >= 15 is 0 Å². The van der Waals surface area contributed by atoms with Gasteiger partial charge in [0.1, 0.15) is 5.82 Å². The van der Waals surface area contributed by atoms with Crippen LogP contribution in [0.1, 0.15) is 29.8 Å². The van der Waals surface area contributed by atoms with Crippen molar-refractivity contribution in [2.45, 2.75) is 32.5 Å². The Balaban J connectivity index is 1.73. The minimum Gasteiger partial charge on any atom is -0.388 e. The van der Waals surface area contributed by atoms with E-state index < -0.39 is 17.5 Å². The Bertz CT molecular complexity index is 845. The number of rotatable bonds is 4. The van der Waals surface area contributed by atoms with Crippen LogP contribution in [0, 0.1) is 17.5 Å². The van der Waals surface area contributed by atoms with Gasteiger partial charge in [0.05, 0.1) is 0 Å². The molecule has 1 heterocycles. The first-order valence-corrected chi connectivity index (χ1v) is 9.27. The SMILES string of the molecule is CNc1ccc(C(=O)N2C(C)CN(Cc3c(F)ccc(F)c3F)CC2C)cc1. The molecule has 0 radical (unpaired) electrons. The first-order chi connectivity index (χ1) is 13.3. The second-order valence-corrected chi connectivity index (χ2v) is 7.25. The number of carbonyl (C=O) groups excluding carboxylic acids is 1. The van der Waals surface area contributed by atoms with Gasteiger partial charge in [-0.2, -0.15) is 0 Å². The van der Waals surface area contributed by atoms with Crippen molar-refractivity contribution in [3.05, 3.63) is 65.0 Å². The molecule has 28 heavy (non-hydrogen) atoms. The maximum Gasteiger partial charge on any atom is 0.254 e. The Kier molecular flexibility index (Phi) is 5.93. The highest BCUT2D eigenvalue weighted by molar-refractivity contribution is 5.95. The number of carbonyl (C=O) groups is 1. The summed E-state index contributed by atoms with van der Waals surface area (Å²) in [4.78, 5) is 16.6. The molecule has 0 saturated carbocycles. The first kappa shape index (κ1) is 20.2. The second-order valence-electron chi connectivity index (χ2n) is 7.25. The number of halogens is 3. The fourth-order valence-electron chi connectivity index (χ4n) is 3.83. The standard InChI is InChI=1S/C21H24F3N3O/c1-13-10-26(12-17-18(22)8-9-19(23)20(17)24)11-14(2)27(13)21(28)15-4-6-16(25-3)7-5-15/h4-9,13-14,25H,10-12H2,1-3H3. The minimum absolute atomic E-state index is 0.0387. The normalized spacial score (nSPS) is 20.3. The molecule has 1 aliphatic rings. The fourth-order valence-corrected chi connectivity index (χ4v) is 3.83. The quantitative estimate of drug-likeness (QED) is 0.804. The molecule has 1 amide bonds. The van der Waals surface area contributed by atoms with Gasteiger partial charge in [0, 0.05) is 55.6 Å². The van der Waals surface area contributed by atoms with Crippen LogP contribution in [0.4, 0.5) is 18.9 Å². The van der Waals surface area contributed by atoms with Crippen LogP contribution in [0.3, 0.4) is 0 Å². The highest BCUT2D eigenvalue weighted by atomic mass is 19.2. The second kappa shape index (κ2) is 8.22. The van der Waals surface area contributed by atoms with Gasteiger partial charge in [-0.05, 0) is 50.2 Å². The van der Waals surface area contributed by atoms with Crippen LogP contribution in [-0.4, -0.2) is 47.9 Å². The van der Waals surface area contributed by atoms with Gasteiger partial charge in [0.25, 0.3) is 5.91 Å². The summed E-state index contributed by atoms with van der Waals surface area (Å²) in [5.41, 5.74) is 1.23. The van der Waals surface area contributed by atoms with Crippen molar-refractivity contribution >= 4 is 11.6 Å². The predicted molar refractivity (Wildman–Crippen MR) is 103 cm³/mol. The van der Waals surface area contributed by atoms with Crippen molar-refractivity contribution < 1.29 is 18.0 Å². The Labute approximate surface area is 162 Å². The highest BCUT2D eigenvalue weighted by Gasteiger charge is 2.34. The summed E-state index contributed by atoms with van der Waals surface area (Å²) < 4.78 is 41.4. The van der Waals surface area contributed by atoms with Gasteiger partial charge < -0.3 is 10.2 Å². The zero-order valence-electron chi connectivity index (χ0n) is 16.2. The van der Waals surface area contributed by atoms with Gasteiger partial charge in [0.15, 0.2) is 11.6 Å². The number of hydrogen-bond acceptors (Lipinski definition) is 3. The van der Waals surface area contributed by atoms with E-state index in [1.807, 2.05) is 37.9 Å². The number of nitrogens with zero attached hydrogens (tertiary/aromatic N) is 2. The zero-order chi connectivity index (χ0) is 20.4. The number of nitrogens with one attached hydrogen (secondary N) is 1. The monoisotopic (exact) mass is 391 g/mol. The molecule has 1 aliphatic heterocycles. The van der Waals surface area contributed by atoms with Crippen LogP contribution in [-0.2, 0) is 6.54 Å². The molecule has 1 fully saturated rings. The molecule has 0 bridgehead atoms. The Morgan fingerprint density at radius 1 is 1.00 bits per heavy atom. The van der Waals surface area contributed by atoms with Gasteiger partial charge in [-0.1, -0.05) is 0 Å². The van der Waals surface area contributed by atoms with E-state index in [4.69, 9.17) is 0 Å². The third-order valence-electron chi connectivity index (χ3n) is 5.17. The molecule has 1 N–H and O–H groups in total. The molecule has 7 heteroatoms. The van der Waals surface area contributed by atoms with E-state index in [-0.39, 0.29) is 30.1 Å². The summed E-state index contributed by atoms with van der Waals surface area (Å²) in [7, 11) is 1.81. The van der Waals surface area contributed by atoms with Gasteiger partial charge in [-0.3, -0.25) is 9.69 Å². The van der Waals surface area contributed by atoms with Crippen LogP contribution in [0.25, 0.3) is 0 Å². The Hall–Kier alpha value is -2.54. The summed E-state index contributed by atoms with van der Waals surface area (Å²) in [6.07, 6.45) is 0. The number of amides is 1. The van der Waals surface area contributed by atoms with E-state index in [1.165, 1.54) is 0 Å². The summed E-state index contributed by atoms with van der Waals surface area (Å²) in [5.74, 6) is -3.05. The van der Waals surface area contributed by atoms with Crippen molar-refractivity contribution in [2.75, 3.05) is 25.5 Å². The fraction of sp³-hybridized carbons (Fsp3) is 0.381. The smallest absolute Gasteiger partial charge is 0.254 e. The Morgan fingerprint density at radius 3 is 2.14 bits per heavy atom. The van der Waals surface area contributed by atoms with Crippen LogP contribution in [0.2, 0.25) is 0 Å². The van der Waals surface area contributed by atoms with Gasteiger partial charge in [-0.25, -0.2) is 13.2 Å². The molecule has 2 atom stereocenters. The molecular weight excluding hydrogens is 367 g/mol. The van der Waals surface area contributed by atoms with Crippen molar-refractivity contribution in [3.8, 4) is 0 Å². The highest BCUT2D eigenvalue weighted by Crippen LogP contribution is 2.24. The molecular formula is C21H24F3N3O. The maximum atomic E-state index is 14.0. The van der Waals surface area contributed by atoms with E-state index in [1.54, 1.807) is 17.0 Å². The lowest BCUT2D eigenvalue weighted by Crippen LogP contribution is -2.58. The summed E-state index contributed by atoms with van der Waals surface area (Å²) in [5, 5.41) is 3.01. The molecule has 2 aromatic carbocycles. The van der Waals surface area contributed by atoms with Crippen molar-refractivity contribution in [3.63, 3.8) is 0 Å². The van der Waals surface area contributed by atoms with Gasteiger partial charge in [0.2, 0.25) is 0 Å². The summed E-state index contributed by atoms with van der Waals surface area (Å²) in [6, 6.07) is 8.65. The lowest BCUT2D eigenvalue weighted by atomic mass is 10.0. The number of hydrogen-bond donors (Lipinski definition) is 1. The zero-order valence-corrected chi connectivity index (χ0v) is 16.2. The van der Waals surface area contributed by atoms with Crippen LogP contribution < -0.4 is 5.32 Å².